The molecule has 1 aliphatic rings. The van der Waals surface area contributed by atoms with Crippen molar-refractivity contribution < 1.29 is 9.32 Å². The Bertz CT molecular complexity index is 656. The number of likely N-dealkylation sites (tertiary alicyclic amines) is 1. The van der Waals surface area contributed by atoms with E-state index in [4.69, 9.17) is 4.52 Å². The molecular weight excluding hydrogens is 264 g/mol. The quantitative estimate of drug-likeness (QED) is 0.846. The Morgan fingerprint density at radius 3 is 2.71 bits per heavy atom. The molecule has 0 bridgehead atoms. The Morgan fingerprint density at radius 2 is 2.05 bits per heavy atom. The Kier molecular flexibility index (Phi) is 3.53. The minimum atomic E-state index is 0.0864. The molecule has 2 aromatic rings. The van der Waals surface area contributed by atoms with Crippen LogP contribution in [0, 0.1) is 20.8 Å². The van der Waals surface area contributed by atoms with Crippen molar-refractivity contribution in [2.75, 3.05) is 6.54 Å². The lowest BCUT2D eigenvalue weighted by Gasteiger charge is -2.25. The Hall–Kier alpha value is -2.10. The number of amides is 1. The van der Waals surface area contributed by atoms with E-state index in [2.05, 4.69) is 5.16 Å². The van der Waals surface area contributed by atoms with Crippen LogP contribution in [-0.4, -0.2) is 22.5 Å². The summed E-state index contributed by atoms with van der Waals surface area (Å²) in [5.74, 6) is 0.928. The molecule has 0 spiro atoms. The normalized spacial score (nSPS) is 18.2. The lowest BCUT2D eigenvalue weighted by atomic mass is 10.0. The van der Waals surface area contributed by atoms with Gasteiger partial charge in [0.05, 0.1) is 11.7 Å². The highest BCUT2D eigenvalue weighted by atomic mass is 16.5. The molecule has 0 N–H and O–H groups in total. The molecule has 21 heavy (non-hydrogen) atoms. The van der Waals surface area contributed by atoms with E-state index in [0.717, 1.165) is 47.5 Å². The molecule has 1 aromatic carbocycles. The van der Waals surface area contributed by atoms with E-state index in [-0.39, 0.29) is 11.9 Å². The maximum Gasteiger partial charge on any atom is 0.254 e. The largest absolute Gasteiger partial charge is 0.361 e. The molecule has 0 unspecified atom stereocenters. The molecule has 1 fully saturated rings. The number of nitrogens with zero attached hydrogens (tertiary/aromatic N) is 2. The summed E-state index contributed by atoms with van der Waals surface area (Å²) in [4.78, 5) is 14.8. The van der Waals surface area contributed by atoms with Crippen LogP contribution in [0.2, 0.25) is 0 Å². The monoisotopic (exact) mass is 284 g/mol. The van der Waals surface area contributed by atoms with Crippen LogP contribution in [0.25, 0.3) is 0 Å². The number of benzene rings is 1. The van der Waals surface area contributed by atoms with Crippen molar-refractivity contribution in [2.24, 2.45) is 0 Å². The van der Waals surface area contributed by atoms with Gasteiger partial charge < -0.3 is 9.42 Å². The molecule has 1 saturated heterocycles. The van der Waals surface area contributed by atoms with E-state index < -0.39 is 0 Å². The Balaban J connectivity index is 1.95. The smallest absolute Gasteiger partial charge is 0.254 e. The summed E-state index contributed by atoms with van der Waals surface area (Å²) in [6, 6.07) is 7.85. The van der Waals surface area contributed by atoms with Gasteiger partial charge in [0.15, 0.2) is 0 Å². The summed E-state index contributed by atoms with van der Waals surface area (Å²) in [5.41, 5.74) is 3.78. The van der Waals surface area contributed by atoms with Gasteiger partial charge in [0.25, 0.3) is 5.91 Å². The predicted molar refractivity (Wildman–Crippen MR) is 80.2 cm³/mol. The lowest BCUT2D eigenvalue weighted by Crippen LogP contribution is -2.31. The molecule has 0 saturated carbocycles. The van der Waals surface area contributed by atoms with Crippen molar-refractivity contribution in [3.8, 4) is 0 Å². The summed E-state index contributed by atoms with van der Waals surface area (Å²) >= 11 is 0. The number of hydrogen-bond donors (Lipinski definition) is 0. The molecule has 3 rings (SSSR count). The SMILES string of the molecule is Cc1ccccc1C(=O)N1CCC[C@@H]1c1c(C)noc1C. The zero-order chi connectivity index (χ0) is 15.0. The molecule has 4 heteroatoms. The zero-order valence-corrected chi connectivity index (χ0v) is 12.7. The number of carbonyl (C=O) groups is 1. The first-order valence-electron chi connectivity index (χ1n) is 7.39. The van der Waals surface area contributed by atoms with Crippen LogP contribution in [0.3, 0.4) is 0 Å². The number of carbonyl (C=O) groups excluding carboxylic acids is 1. The van der Waals surface area contributed by atoms with Crippen LogP contribution in [0.4, 0.5) is 0 Å². The summed E-state index contributed by atoms with van der Waals surface area (Å²) in [7, 11) is 0. The summed E-state index contributed by atoms with van der Waals surface area (Å²) in [6.45, 7) is 6.64. The van der Waals surface area contributed by atoms with Crippen LogP contribution >= 0.6 is 0 Å². The van der Waals surface area contributed by atoms with Gasteiger partial charge in [-0.05, 0) is 45.2 Å². The van der Waals surface area contributed by atoms with Crippen molar-refractivity contribution in [1.29, 1.82) is 0 Å². The maximum absolute atomic E-state index is 12.9. The van der Waals surface area contributed by atoms with Gasteiger partial charge in [0.1, 0.15) is 5.76 Å². The van der Waals surface area contributed by atoms with Gasteiger partial charge in [-0.3, -0.25) is 4.79 Å². The second-order valence-corrected chi connectivity index (χ2v) is 5.71. The lowest BCUT2D eigenvalue weighted by molar-refractivity contribution is 0.0734. The molecular formula is C17H20N2O2. The van der Waals surface area contributed by atoms with E-state index in [1.165, 1.54) is 0 Å². The Morgan fingerprint density at radius 1 is 1.29 bits per heavy atom. The van der Waals surface area contributed by atoms with Gasteiger partial charge in [0.2, 0.25) is 0 Å². The molecule has 0 radical (unpaired) electrons. The fourth-order valence-electron chi connectivity index (χ4n) is 3.24. The number of rotatable bonds is 2. The highest BCUT2D eigenvalue weighted by molar-refractivity contribution is 5.96. The average Bonchev–Trinajstić information content (AvgIpc) is 3.05. The second-order valence-electron chi connectivity index (χ2n) is 5.71. The van der Waals surface area contributed by atoms with Crippen molar-refractivity contribution in [2.45, 2.75) is 39.7 Å². The highest BCUT2D eigenvalue weighted by Crippen LogP contribution is 2.36. The van der Waals surface area contributed by atoms with Gasteiger partial charge in [-0.15, -0.1) is 0 Å². The van der Waals surface area contributed by atoms with E-state index in [1.54, 1.807) is 0 Å². The first-order chi connectivity index (χ1) is 10.1. The molecule has 1 aliphatic heterocycles. The predicted octanol–water partition coefficient (Wildman–Crippen LogP) is 3.58. The average molecular weight is 284 g/mol. The van der Waals surface area contributed by atoms with Gasteiger partial charge in [-0.25, -0.2) is 0 Å². The fourth-order valence-corrected chi connectivity index (χ4v) is 3.24. The molecule has 1 atom stereocenters. The fraction of sp³-hybridized carbons (Fsp3) is 0.412. The first kappa shape index (κ1) is 13.9. The molecule has 2 heterocycles. The second kappa shape index (κ2) is 5.35. The minimum absolute atomic E-state index is 0.0864. The summed E-state index contributed by atoms with van der Waals surface area (Å²) in [6.07, 6.45) is 1.99. The van der Waals surface area contributed by atoms with Crippen molar-refractivity contribution in [1.82, 2.24) is 10.1 Å². The third kappa shape index (κ3) is 2.35. The molecule has 110 valence electrons. The van der Waals surface area contributed by atoms with Crippen LogP contribution in [-0.2, 0) is 0 Å². The van der Waals surface area contributed by atoms with Crippen molar-refractivity contribution in [3.05, 3.63) is 52.4 Å². The standard InChI is InChI=1S/C17H20N2O2/c1-11-7-4-5-8-14(11)17(20)19-10-6-9-15(19)16-12(2)18-21-13(16)3/h4-5,7-8,15H,6,9-10H2,1-3H3/t15-/m1/s1. The minimum Gasteiger partial charge on any atom is -0.361 e. The number of aryl methyl sites for hydroxylation is 3. The van der Waals surface area contributed by atoms with Crippen LogP contribution in [0.5, 0.6) is 0 Å². The van der Waals surface area contributed by atoms with Crippen LogP contribution < -0.4 is 0 Å². The van der Waals surface area contributed by atoms with Gasteiger partial charge in [-0.2, -0.15) is 0 Å². The highest BCUT2D eigenvalue weighted by Gasteiger charge is 2.34. The van der Waals surface area contributed by atoms with Crippen molar-refractivity contribution in [3.63, 3.8) is 0 Å². The Labute approximate surface area is 124 Å². The van der Waals surface area contributed by atoms with E-state index in [0.29, 0.717) is 0 Å². The maximum atomic E-state index is 12.9. The van der Waals surface area contributed by atoms with E-state index in [1.807, 2.05) is 49.9 Å². The molecule has 4 nitrogen and oxygen atoms in total. The number of hydrogen-bond acceptors (Lipinski definition) is 3. The van der Waals surface area contributed by atoms with E-state index in [9.17, 15) is 4.79 Å². The third-order valence-electron chi connectivity index (χ3n) is 4.31. The topological polar surface area (TPSA) is 46.3 Å². The zero-order valence-electron chi connectivity index (χ0n) is 12.7. The first-order valence-corrected chi connectivity index (χ1v) is 7.39. The molecule has 1 aromatic heterocycles. The van der Waals surface area contributed by atoms with Crippen molar-refractivity contribution >= 4 is 5.91 Å². The van der Waals surface area contributed by atoms with Gasteiger partial charge >= 0.3 is 0 Å². The van der Waals surface area contributed by atoms with Gasteiger partial charge in [-0.1, -0.05) is 23.4 Å². The number of aromatic nitrogens is 1. The summed E-state index contributed by atoms with van der Waals surface area (Å²) in [5, 5.41) is 4.03. The third-order valence-corrected chi connectivity index (χ3v) is 4.31. The van der Waals surface area contributed by atoms with Crippen LogP contribution in [0.15, 0.2) is 28.8 Å². The summed E-state index contributed by atoms with van der Waals surface area (Å²) < 4.78 is 5.28. The van der Waals surface area contributed by atoms with Gasteiger partial charge in [0, 0.05) is 17.7 Å². The molecule has 0 aliphatic carbocycles. The molecule has 1 amide bonds. The van der Waals surface area contributed by atoms with Crippen LogP contribution in [0.1, 0.15) is 51.8 Å². The van der Waals surface area contributed by atoms with E-state index >= 15 is 0 Å².